The molecule has 0 amide bonds. The first-order valence-corrected chi connectivity index (χ1v) is 9.43. The Morgan fingerprint density at radius 2 is 1.91 bits per heavy atom. The number of halogens is 3. The molecule has 0 radical (unpaired) electrons. The molecule has 0 atom stereocenters. The van der Waals surface area contributed by atoms with Gasteiger partial charge in [-0.2, -0.15) is 0 Å². The van der Waals surface area contributed by atoms with Crippen molar-refractivity contribution in [3.05, 3.63) is 67.8 Å². The van der Waals surface area contributed by atoms with Gasteiger partial charge in [-0.1, -0.05) is 52.4 Å². The second kappa shape index (κ2) is 7.32. The predicted octanol–water partition coefficient (Wildman–Crippen LogP) is 6.40. The Morgan fingerprint density at radius 3 is 2.61 bits per heavy atom. The maximum atomic E-state index is 13.8. The van der Waals surface area contributed by atoms with Crippen molar-refractivity contribution in [1.82, 2.24) is 9.78 Å². The number of benzene rings is 2. The molecule has 1 aromatic heterocycles. The topological polar surface area (TPSA) is 17.8 Å². The highest BCUT2D eigenvalue weighted by Gasteiger charge is 2.11. The van der Waals surface area contributed by atoms with Gasteiger partial charge >= 0.3 is 0 Å². The smallest absolute Gasteiger partial charge is 0.184 e. The molecule has 3 rings (SSSR count). The van der Waals surface area contributed by atoms with Gasteiger partial charge in [0.1, 0.15) is 5.82 Å². The number of hydrogen-bond donors (Lipinski definition) is 0. The first-order chi connectivity index (χ1) is 11.0. The van der Waals surface area contributed by atoms with Gasteiger partial charge in [0, 0.05) is 21.4 Å². The van der Waals surface area contributed by atoms with Crippen molar-refractivity contribution in [3.8, 4) is 5.69 Å². The summed E-state index contributed by atoms with van der Waals surface area (Å²) in [5, 5.41) is 5.54. The minimum Gasteiger partial charge on any atom is -0.211 e. The van der Waals surface area contributed by atoms with Crippen molar-refractivity contribution in [2.24, 2.45) is 0 Å². The van der Waals surface area contributed by atoms with Crippen LogP contribution < -0.4 is 0 Å². The summed E-state index contributed by atoms with van der Waals surface area (Å²) in [6.07, 6.45) is 0. The van der Waals surface area contributed by atoms with Crippen molar-refractivity contribution in [2.75, 3.05) is 0 Å². The Morgan fingerprint density at radius 1 is 1.17 bits per heavy atom. The van der Waals surface area contributed by atoms with E-state index in [-0.39, 0.29) is 5.82 Å². The van der Waals surface area contributed by atoms with Gasteiger partial charge in [0.05, 0.1) is 5.69 Å². The van der Waals surface area contributed by atoms with E-state index in [1.807, 2.05) is 12.1 Å². The number of hydrogen-bond acceptors (Lipinski definition) is 4. The fraction of sp³-hybridized carbons (Fsp3) is 0.0667. The molecule has 118 valence electrons. The third-order valence-corrected chi connectivity index (χ3v) is 6.00. The summed E-state index contributed by atoms with van der Waals surface area (Å²) < 4.78 is 16.8. The Balaban J connectivity index is 1.81. The molecule has 0 saturated carbocycles. The lowest BCUT2D eigenvalue weighted by molar-refractivity contribution is 0.617. The van der Waals surface area contributed by atoms with E-state index in [9.17, 15) is 4.39 Å². The molecule has 1 heterocycles. The largest absolute Gasteiger partial charge is 0.211 e. The normalized spacial score (nSPS) is 10.9. The van der Waals surface area contributed by atoms with E-state index in [4.69, 9.17) is 35.4 Å². The zero-order chi connectivity index (χ0) is 16.4. The fourth-order valence-electron chi connectivity index (χ4n) is 1.87. The highest BCUT2D eigenvalue weighted by Crippen LogP contribution is 2.31. The van der Waals surface area contributed by atoms with Crippen LogP contribution in [0.4, 0.5) is 4.39 Å². The van der Waals surface area contributed by atoms with Gasteiger partial charge in [0.15, 0.2) is 8.29 Å². The molecule has 0 bridgehead atoms. The highest BCUT2D eigenvalue weighted by molar-refractivity contribution is 8.00. The Labute approximate surface area is 155 Å². The Bertz CT molecular complexity index is 870. The minimum atomic E-state index is -0.314. The standard InChI is InChI=1S/C15H9Cl2FN2S3/c16-9-4-6-10(7-5-9)20-15(21)23-14(19-20)22-8-11-12(17)2-1-3-13(11)18/h1-7H,8H2. The lowest BCUT2D eigenvalue weighted by atomic mass is 10.2. The molecule has 0 unspecified atom stereocenters. The summed E-state index contributed by atoms with van der Waals surface area (Å²) in [5.41, 5.74) is 1.31. The molecule has 0 aliphatic carbocycles. The van der Waals surface area contributed by atoms with Crippen LogP contribution in [0.25, 0.3) is 5.69 Å². The second-order valence-electron chi connectivity index (χ2n) is 4.51. The lowest BCUT2D eigenvalue weighted by Crippen LogP contribution is -1.96. The van der Waals surface area contributed by atoms with Gasteiger partial charge in [-0.05, 0) is 48.6 Å². The molecule has 0 aliphatic heterocycles. The second-order valence-corrected chi connectivity index (χ2v) is 8.20. The molecule has 2 nitrogen and oxygen atoms in total. The summed E-state index contributed by atoms with van der Waals surface area (Å²) in [6, 6.07) is 11.9. The molecule has 0 N–H and O–H groups in total. The average molecular weight is 403 g/mol. The highest BCUT2D eigenvalue weighted by atomic mass is 35.5. The number of rotatable bonds is 4. The van der Waals surface area contributed by atoms with Gasteiger partial charge in [0.2, 0.25) is 0 Å². The van der Waals surface area contributed by atoms with E-state index in [1.54, 1.807) is 28.9 Å². The number of nitrogens with zero attached hydrogens (tertiary/aromatic N) is 2. The van der Waals surface area contributed by atoms with Crippen LogP contribution in [0.3, 0.4) is 0 Å². The number of thioether (sulfide) groups is 1. The van der Waals surface area contributed by atoms with E-state index >= 15 is 0 Å². The molecule has 0 saturated heterocycles. The molecule has 2 aromatic carbocycles. The third kappa shape index (κ3) is 3.95. The first kappa shape index (κ1) is 16.9. The zero-order valence-electron chi connectivity index (χ0n) is 11.5. The predicted molar refractivity (Wildman–Crippen MR) is 98.3 cm³/mol. The quantitative estimate of drug-likeness (QED) is 0.371. The molecule has 23 heavy (non-hydrogen) atoms. The Kier molecular flexibility index (Phi) is 5.38. The van der Waals surface area contributed by atoms with E-state index in [0.29, 0.717) is 25.3 Å². The van der Waals surface area contributed by atoms with E-state index in [2.05, 4.69) is 5.10 Å². The van der Waals surface area contributed by atoms with Gasteiger partial charge in [-0.15, -0.1) is 5.10 Å². The SMILES string of the molecule is Fc1cccc(Cl)c1CSc1nn(-c2ccc(Cl)cc2)c(=S)s1. The maximum Gasteiger partial charge on any atom is 0.184 e. The third-order valence-electron chi connectivity index (χ3n) is 3.00. The maximum absolute atomic E-state index is 13.8. The lowest BCUT2D eigenvalue weighted by Gasteiger charge is -2.03. The van der Waals surface area contributed by atoms with Crippen LogP contribution in [0.2, 0.25) is 10.0 Å². The van der Waals surface area contributed by atoms with Crippen LogP contribution >= 0.6 is 58.5 Å². The van der Waals surface area contributed by atoms with Gasteiger partial charge in [0.25, 0.3) is 0 Å². The van der Waals surface area contributed by atoms with Gasteiger partial charge in [-0.25, -0.2) is 9.07 Å². The van der Waals surface area contributed by atoms with Crippen LogP contribution in [0.5, 0.6) is 0 Å². The molecular formula is C15H9Cl2FN2S3. The van der Waals surface area contributed by atoms with Crippen molar-refractivity contribution >= 4 is 58.5 Å². The van der Waals surface area contributed by atoms with Crippen LogP contribution in [-0.4, -0.2) is 9.78 Å². The van der Waals surface area contributed by atoms with Crippen molar-refractivity contribution in [2.45, 2.75) is 10.1 Å². The van der Waals surface area contributed by atoms with Gasteiger partial charge in [-0.3, -0.25) is 0 Å². The van der Waals surface area contributed by atoms with Crippen molar-refractivity contribution in [3.63, 3.8) is 0 Å². The average Bonchev–Trinajstić information content (AvgIpc) is 2.88. The van der Waals surface area contributed by atoms with E-state index in [1.165, 1.54) is 29.2 Å². The van der Waals surface area contributed by atoms with Crippen LogP contribution in [0, 0.1) is 9.77 Å². The summed E-state index contributed by atoms with van der Waals surface area (Å²) in [7, 11) is 0. The molecule has 0 spiro atoms. The fourth-order valence-corrected chi connectivity index (χ4v) is 4.70. The van der Waals surface area contributed by atoms with E-state index in [0.717, 1.165) is 10.0 Å². The summed E-state index contributed by atoms with van der Waals surface area (Å²) in [5.74, 6) is 0.0831. The summed E-state index contributed by atoms with van der Waals surface area (Å²) >= 11 is 20.0. The molecule has 0 aliphatic rings. The van der Waals surface area contributed by atoms with Crippen molar-refractivity contribution < 1.29 is 4.39 Å². The van der Waals surface area contributed by atoms with Crippen LogP contribution in [0.1, 0.15) is 5.56 Å². The van der Waals surface area contributed by atoms with E-state index < -0.39 is 0 Å². The zero-order valence-corrected chi connectivity index (χ0v) is 15.5. The van der Waals surface area contributed by atoms with Crippen molar-refractivity contribution in [1.29, 1.82) is 0 Å². The molecule has 0 fully saturated rings. The summed E-state index contributed by atoms with van der Waals surface area (Å²) in [6.45, 7) is 0. The molecule has 3 aromatic rings. The van der Waals surface area contributed by atoms with Crippen LogP contribution in [0.15, 0.2) is 46.8 Å². The first-order valence-electron chi connectivity index (χ1n) is 6.46. The monoisotopic (exact) mass is 402 g/mol. The Hall–Kier alpha value is -0.920. The van der Waals surface area contributed by atoms with Gasteiger partial charge < -0.3 is 0 Å². The van der Waals surface area contributed by atoms with Crippen LogP contribution in [-0.2, 0) is 5.75 Å². The molecular weight excluding hydrogens is 394 g/mol. The minimum absolute atomic E-state index is 0.314. The summed E-state index contributed by atoms with van der Waals surface area (Å²) in [4.78, 5) is 0. The molecule has 8 heteroatoms. The number of aromatic nitrogens is 2.